The third-order valence-corrected chi connectivity index (χ3v) is 3.24. The molecule has 0 radical (unpaired) electrons. The van der Waals surface area contributed by atoms with Crippen molar-refractivity contribution in [1.29, 1.82) is 0 Å². The molecule has 0 aromatic heterocycles. The van der Waals surface area contributed by atoms with Crippen molar-refractivity contribution >= 4 is 17.5 Å². The fourth-order valence-electron chi connectivity index (χ4n) is 2.05. The normalized spacial score (nSPS) is 11.0. The number of hydrogen-bond donors (Lipinski definition) is 2. The fraction of sp³-hybridized carbons (Fsp3) is 0.176. The second-order valence-corrected chi connectivity index (χ2v) is 5.16. The van der Waals surface area contributed by atoms with Gasteiger partial charge in [0.05, 0.1) is 0 Å². The van der Waals surface area contributed by atoms with Crippen molar-refractivity contribution in [2.45, 2.75) is 19.6 Å². The summed E-state index contributed by atoms with van der Waals surface area (Å²) in [5, 5.41) is 4.43. The lowest BCUT2D eigenvalue weighted by Crippen LogP contribution is -2.36. The number of amides is 2. The van der Waals surface area contributed by atoms with Crippen LogP contribution in [-0.2, 0) is 11.3 Å². The molecule has 0 saturated heterocycles. The minimum Gasteiger partial charge on any atom is -0.344 e. The van der Waals surface area contributed by atoms with E-state index in [1.807, 2.05) is 13.0 Å². The highest BCUT2D eigenvalue weighted by Crippen LogP contribution is 2.18. The maximum absolute atomic E-state index is 12.2. The number of anilines is 1. The molecule has 2 rings (SSSR count). The lowest BCUT2D eigenvalue weighted by molar-refractivity contribution is -0.173. The first-order chi connectivity index (χ1) is 11.3. The minimum absolute atomic E-state index is 0.339. The molecule has 0 bridgehead atoms. The molecule has 7 heteroatoms. The summed E-state index contributed by atoms with van der Waals surface area (Å²) in [6, 6.07) is 13.3. The van der Waals surface area contributed by atoms with Gasteiger partial charge in [0.1, 0.15) is 0 Å². The predicted octanol–water partition coefficient (Wildman–Crippen LogP) is 3.43. The second-order valence-electron chi connectivity index (χ2n) is 5.16. The Morgan fingerprint density at radius 2 is 1.75 bits per heavy atom. The Bertz CT molecular complexity index is 757. The highest BCUT2D eigenvalue weighted by Gasteiger charge is 2.38. The topological polar surface area (TPSA) is 58.2 Å². The van der Waals surface area contributed by atoms with Crippen LogP contribution in [0.25, 0.3) is 0 Å². The number of para-hydroxylation sites is 1. The highest BCUT2D eigenvalue weighted by atomic mass is 19.4. The molecule has 4 nitrogen and oxygen atoms in total. The number of carbonyl (C=O) groups excluding carboxylic acids is 2. The molecular weight excluding hydrogens is 321 g/mol. The van der Waals surface area contributed by atoms with Crippen molar-refractivity contribution in [1.82, 2.24) is 5.32 Å². The van der Waals surface area contributed by atoms with Gasteiger partial charge in [-0.1, -0.05) is 35.9 Å². The van der Waals surface area contributed by atoms with Gasteiger partial charge in [0.25, 0.3) is 5.91 Å². The fourth-order valence-corrected chi connectivity index (χ4v) is 2.05. The van der Waals surface area contributed by atoms with Crippen LogP contribution in [0.4, 0.5) is 18.9 Å². The molecule has 0 unspecified atom stereocenters. The van der Waals surface area contributed by atoms with E-state index in [2.05, 4.69) is 5.32 Å². The van der Waals surface area contributed by atoms with Gasteiger partial charge >= 0.3 is 12.1 Å². The smallest absolute Gasteiger partial charge is 0.344 e. The summed E-state index contributed by atoms with van der Waals surface area (Å²) in [4.78, 5) is 23.1. The Kier molecular flexibility index (Phi) is 5.23. The Morgan fingerprint density at radius 3 is 2.42 bits per heavy atom. The molecule has 0 fully saturated rings. The van der Waals surface area contributed by atoms with Gasteiger partial charge in [0.15, 0.2) is 0 Å². The van der Waals surface area contributed by atoms with E-state index in [0.29, 0.717) is 16.8 Å². The van der Waals surface area contributed by atoms with Crippen LogP contribution in [0.1, 0.15) is 21.5 Å². The van der Waals surface area contributed by atoms with Crippen LogP contribution in [0, 0.1) is 6.92 Å². The van der Waals surface area contributed by atoms with Crippen LogP contribution in [0.2, 0.25) is 0 Å². The summed E-state index contributed by atoms with van der Waals surface area (Å²) in [7, 11) is 0. The SMILES string of the molecule is Cc1cccc(C(=O)Nc2ccccc2CNC(=O)C(F)(F)F)c1. The Hall–Kier alpha value is -2.83. The minimum atomic E-state index is -4.94. The van der Waals surface area contributed by atoms with Crippen LogP contribution in [0.15, 0.2) is 48.5 Å². The molecule has 0 atom stereocenters. The largest absolute Gasteiger partial charge is 0.471 e. The quantitative estimate of drug-likeness (QED) is 0.899. The highest BCUT2D eigenvalue weighted by molar-refractivity contribution is 6.04. The number of rotatable bonds is 4. The van der Waals surface area contributed by atoms with Crippen molar-refractivity contribution in [3.63, 3.8) is 0 Å². The summed E-state index contributed by atoms with van der Waals surface area (Å²) < 4.78 is 36.7. The molecule has 0 aliphatic rings. The summed E-state index contributed by atoms with van der Waals surface area (Å²) in [6.07, 6.45) is -4.94. The zero-order chi connectivity index (χ0) is 17.7. The Labute approximate surface area is 136 Å². The van der Waals surface area contributed by atoms with Crippen molar-refractivity contribution in [2.24, 2.45) is 0 Å². The van der Waals surface area contributed by atoms with Crippen molar-refractivity contribution < 1.29 is 22.8 Å². The molecule has 2 aromatic carbocycles. The third-order valence-electron chi connectivity index (χ3n) is 3.24. The van der Waals surface area contributed by atoms with E-state index in [1.54, 1.807) is 41.7 Å². The molecule has 2 N–H and O–H groups in total. The number of nitrogens with one attached hydrogen (secondary N) is 2. The second kappa shape index (κ2) is 7.16. The first kappa shape index (κ1) is 17.5. The van der Waals surface area contributed by atoms with Crippen molar-refractivity contribution in [3.8, 4) is 0 Å². The number of aryl methyl sites for hydroxylation is 1. The number of benzene rings is 2. The predicted molar refractivity (Wildman–Crippen MR) is 83.5 cm³/mol. The van der Waals surface area contributed by atoms with Crippen LogP contribution in [0.3, 0.4) is 0 Å². The van der Waals surface area contributed by atoms with E-state index in [-0.39, 0.29) is 12.5 Å². The van der Waals surface area contributed by atoms with Crippen LogP contribution >= 0.6 is 0 Å². The maximum Gasteiger partial charge on any atom is 0.471 e. The van der Waals surface area contributed by atoms with E-state index in [4.69, 9.17) is 0 Å². The zero-order valence-corrected chi connectivity index (χ0v) is 12.8. The van der Waals surface area contributed by atoms with Crippen molar-refractivity contribution in [3.05, 3.63) is 65.2 Å². The monoisotopic (exact) mass is 336 g/mol. The van der Waals surface area contributed by atoms with Gasteiger partial charge in [-0.15, -0.1) is 0 Å². The Morgan fingerprint density at radius 1 is 1.04 bits per heavy atom. The van der Waals surface area contributed by atoms with Gasteiger partial charge in [-0.25, -0.2) is 0 Å². The third kappa shape index (κ3) is 4.58. The molecule has 0 heterocycles. The van der Waals surface area contributed by atoms with Gasteiger partial charge in [-0.3, -0.25) is 9.59 Å². The standard InChI is InChI=1S/C17H15F3N2O2/c1-11-5-4-7-12(9-11)15(23)22-14-8-3-2-6-13(14)10-21-16(24)17(18,19)20/h2-9H,10H2,1H3,(H,21,24)(H,22,23). The molecule has 2 aromatic rings. The average molecular weight is 336 g/mol. The molecule has 24 heavy (non-hydrogen) atoms. The molecule has 126 valence electrons. The summed E-state index contributed by atoms with van der Waals surface area (Å²) in [5.41, 5.74) is 2.06. The molecule has 0 saturated carbocycles. The van der Waals surface area contributed by atoms with Gasteiger partial charge in [0, 0.05) is 17.8 Å². The van der Waals surface area contributed by atoms with Crippen LogP contribution < -0.4 is 10.6 Å². The van der Waals surface area contributed by atoms with E-state index >= 15 is 0 Å². The first-order valence-corrected chi connectivity index (χ1v) is 7.08. The number of carbonyl (C=O) groups is 2. The molecule has 0 aliphatic carbocycles. The lowest BCUT2D eigenvalue weighted by Gasteiger charge is -2.13. The van der Waals surface area contributed by atoms with Crippen LogP contribution in [0.5, 0.6) is 0 Å². The van der Waals surface area contributed by atoms with Gasteiger partial charge in [-0.2, -0.15) is 13.2 Å². The molecule has 2 amide bonds. The number of hydrogen-bond acceptors (Lipinski definition) is 2. The number of halogens is 3. The summed E-state index contributed by atoms with van der Waals surface area (Å²) in [6.45, 7) is 1.50. The van der Waals surface area contributed by atoms with E-state index in [9.17, 15) is 22.8 Å². The average Bonchev–Trinajstić information content (AvgIpc) is 2.52. The molecular formula is C17H15F3N2O2. The summed E-state index contributed by atoms with van der Waals surface area (Å²) >= 11 is 0. The number of alkyl halides is 3. The van der Waals surface area contributed by atoms with E-state index < -0.39 is 12.1 Å². The first-order valence-electron chi connectivity index (χ1n) is 7.08. The maximum atomic E-state index is 12.2. The molecule has 0 spiro atoms. The Balaban J connectivity index is 2.11. The molecule has 0 aliphatic heterocycles. The van der Waals surface area contributed by atoms with E-state index in [1.165, 1.54) is 6.07 Å². The van der Waals surface area contributed by atoms with Crippen LogP contribution in [-0.4, -0.2) is 18.0 Å². The lowest BCUT2D eigenvalue weighted by atomic mass is 10.1. The summed E-state index contributed by atoms with van der Waals surface area (Å²) in [5.74, 6) is -2.41. The van der Waals surface area contributed by atoms with Gasteiger partial charge in [0.2, 0.25) is 0 Å². The van der Waals surface area contributed by atoms with E-state index in [0.717, 1.165) is 5.56 Å². The van der Waals surface area contributed by atoms with Gasteiger partial charge in [-0.05, 0) is 30.7 Å². The zero-order valence-electron chi connectivity index (χ0n) is 12.8. The van der Waals surface area contributed by atoms with Gasteiger partial charge < -0.3 is 10.6 Å². The van der Waals surface area contributed by atoms with Crippen molar-refractivity contribution in [2.75, 3.05) is 5.32 Å².